The number of hydrogen-bond donors (Lipinski definition) is 5. The molecule has 3 aromatic carbocycles. The molecule has 1 aliphatic rings. The number of aliphatic carboxylic acids is 2. The topological polar surface area (TPSA) is 213 Å². The normalized spacial score (nSPS) is 16.3. The van der Waals surface area contributed by atoms with E-state index >= 15 is 0 Å². The Morgan fingerprint density at radius 2 is 1.64 bits per heavy atom. The number of amides is 1. The number of benzene rings is 3. The van der Waals surface area contributed by atoms with E-state index in [4.69, 9.17) is 16.7 Å². The van der Waals surface area contributed by atoms with Gasteiger partial charge in [0.25, 0.3) is 10.0 Å². The molecule has 6 N–H and O–H groups in total. The van der Waals surface area contributed by atoms with Crippen molar-refractivity contribution in [3.63, 3.8) is 0 Å². The van der Waals surface area contributed by atoms with Gasteiger partial charge >= 0.3 is 11.9 Å². The van der Waals surface area contributed by atoms with E-state index in [1.165, 1.54) is 24.0 Å². The minimum absolute atomic E-state index is 0.0737. The van der Waals surface area contributed by atoms with Gasteiger partial charge in [-0.25, -0.2) is 26.8 Å². The highest BCUT2D eigenvalue weighted by Crippen LogP contribution is 2.26. The molecule has 3 aromatic rings. The maximum Gasteiger partial charge on any atom is 0.326 e. The number of carbonyl (C=O) groups excluding carboxylic acids is 1. The first-order valence-electron chi connectivity index (χ1n) is 13.6. The summed E-state index contributed by atoms with van der Waals surface area (Å²) in [6, 6.07) is 13.2. The summed E-state index contributed by atoms with van der Waals surface area (Å²) in [5, 5.41) is 27.3. The average Bonchev–Trinajstić information content (AvgIpc) is 2.98. The summed E-state index contributed by atoms with van der Waals surface area (Å²) in [5.41, 5.74) is 2.51. The maximum atomic E-state index is 13.3. The number of halogens is 1. The summed E-state index contributed by atoms with van der Waals surface area (Å²) in [7, 11) is -8.47. The molecule has 3 atom stereocenters. The molecule has 1 unspecified atom stereocenters. The third kappa shape index (κ3) is 8.18. The van der Waals surface area contributed by atoms with E-state index in [1.807, 2.05) is 12.1 Å². The van der Waals surface area contributed by atoms with Crippen LogP contribution in [-0.2, 0) is 53.8 Å². The standard InChI is InChI=1S/C29H31ClN4O9S2/c1-17(27(35)34-16-20-5-3-2-4-19(20)14-25(34)29(38)39)32-24(28(36)37)13-8-18-6-9-21(10-7-18)33-45(42,43)22-11-12-23(30)26(15-22)44(31,40)41/h2-7,9-12,15,17,24-25,32-33H,8,13-14,16H2,1H3,(H,36,37)(H,38,39)(H2,31,40,41)/t17-,24-,25?/m0/s1. The fourth-order valence-electron chi connectivity index (χ4n) is 5.01. The summed E-state index contributed by atoms with van der Waals surface area (Å²) in [6.07, 6.45) is 0.473. The van der Waals surface area contributed by atoms with Crippen molar-refractivity contribution in [3.8, 4) is 0 Å². The molecule has 0 spiro atoms. The highest BCUT2D eigenvalue weighted by atomic mass is 35.5. The van der Waals surface area contributed by atoms with Gasteiger partial charge in [-0.15, -0.1) is 0 Å². The molecule has 0 fully saturated rings. The third-order valence-corrected chi connectivity index (χ3v) is 10.2. The first-order chi connectivity index (χ1) is 21.1. The predicted octanol–water partition coefficient (Wildman–Crippen LogP) is 2.19. The highest BCUT2D eigenvalue weighted by molar-refractivity contribution is 7.93. The monoisotopic (exact) mass is 678 g/mol. The number of nitrogens with zero attached hydrogens (tertiary/aromatic N) is 1. The maximum absolute atomic E-state index is 13.3. The van der Waals surface area contributed by atoms with Gasteiger partial charge in [-0.05, 0) is 66.8 Å². The molecule has 4 rings (SSSR count). The molecule has 45 heavy (non-hydrogen) atoms. The number of rotatable bonds is 12. The molecule has 1 heterocycles. The summed E-state index contributed by atoms with van der Waals surface area (Å²) >= 11 is 5.84. The van der Waals surface area contributed by atoms with Gasteiger partial charge in [-0.1, -0.05) is 48.0 Å². The number of carboxylic acid groups (broad SMARTS) is 2. The van der Waals surface area contributed by atoms with Crippen molar-refractivity contribution in [2.75, 3.05) is 4.72 Å². The first kappa shape index (κ1) is 33.9. The summed E-state index contributed by atoms with van der Waals surface area (Å²) < 4.78 is 51.4. The van der Waals surface area contributed by atoms with Crippen LogP contribution in [0.1, 0.15) is 30.0 Å². The lowest BCUT2D eigenvalue weighted by molar-refractivity contribution is -0.152. The van der Waals surface area contributed by atoms with Crippen molar-refractivity contribution in [2.45, 2.75) is 60.6 Å². The molecule has 0 saturated heterocycles. The Labute approximate surface area is 265 Å². The zero-order valence-electron chi connectivity index (χ0n) is 23.9. The van der Waals surface area contributed by atoms with Gasteiger partial charge in [-0.3, -0.25) is 19.6 Å². The van der Waals surface area contributed by atoms with Crippen LogP contribution in [0.5, 0.6) is 0 Å². The van der Waals surface area contributed by atoms with E-state index in [2.05, 4.69) is 10.0 Å². The van der Waals surface area contributed by atoms with Gasteiger partial charge in [-0.2, -0.15) is 0 Å². The minimum atomic E-state index is -4.27. The largest absolute Gasteiger partial charge is 0.480 e. The molecule has 0 radical (unpaired) electrons. The first-order valence-corrected chi connectivity index (χ1v) is 17.0. The molecule has 240 valence electrons. The number of primary sulfonamides is 1. The van der Waals surface area contributed by atoms with Crippen LogP contribution in [0.4, 0.5) is 5.69 Å². The predicted molar refractivity (Wildman–Crippen MR) is 165 cm³/mol. The number of carbonyl (C=O) groups is 3. The quantitative estimate of drug-likeness (QED) is 0.188. The number of aryl methyl sites for hydroxylation is 1. The Bertz CT molecular complexity index is 1830. The van der Waals surface area contributed by atoms with Gasteiger partial charge in [0, 0.05) is 18.7 Å². The fraction of sp³-hybridized carbons (Fsp3) is 0.276. The van der Waals surface area contributed by atoms with E-state index in [0.717, 1.165) is 29.3 Å². The van der Waals surface area contributed by atoms with E-state index in [0.29, 0.717) is 5.56 Å². The van der Waals surface area contributed by atoms with Crippen LogP contribution in [-0.4, -0.2) is 67.9 Å². The van der Waals surface area contributed by atoms with Crippen LogP contribution in [0, 0.1) is 0 Å². The Hall–Kier alpha value is -4.02. The summed E-state index contributed by atoms with van der Waals surface area (Å²) in [5.74, 6) is -2.87. The van der Waals surface area contributed by atoms with Crippen LogP contribution >= 0.6 is 11.6 Å². The van der Waals surface area contributed by atoms with Gasteiger partial charge < -0.3 is 15.1 Å². The van der Waals surface area contributed by atoms with Crippen LogP contribution < -0.4 is 15.2 Å². The molecule has 16 heteroatoms. The second-order valence-electron chi connectivity index (χ2n) is 10.6. The lowest BCUT2D eigenvalue weighted by Crippen LogP contribution is -2.56. The van der Waals surface area contributed by atoms with Crippen molar-refractivity contribution in [3.05, 3.63) is 88.4 Å². The smallest absolute Gasteiger partial charge is 0.326 e. The van der Waals surface area contributed by atoms with E-state index < -0.39 is 60.9 Å². The number of anilines is 1. The minimum Gasteiger partial charge on any atom is -0.480 e. The SMILES string of the molecule is C[C@H](N[C@@H](CCc1ccc(NS(=O)(=O)c2ccc(Cl)c(S(N)(=O)=O)c2)cc1)C(=O)O)C(=O)N1Cc2ccccc2CC1C(=O)O. The summed E-state index contributed by atoms with van der Waals surface area (Å²) in [6.45, 7) is 1.59. The van der Waals surface area contributed by atoms with E-state index in [-0.39, 0.29) is 41.4 Å². The molecule has 1 aliphatic heterocycles. The van der Waals surface area contributed by atoms with Crippen molar-refractivity contribution in [1.29, 1.82) is 0 Å². The molecule has 0 aromatic heterocycles. The zero-order valence-corrected chi connectivity index (χ0v) is 26.3. The van der Waals surface area contributed by atoms with Crippen LogP contribution in [0.2, 0.25) is 5.02 Å². The summed E-state index contributed by atoms with van der Waals surface area (Å²) in [4.78, 5) is 37.6. The molecule has 13 nitrogen and oxygen atoms in total. The average molecular weight is 679 g/mol. The second-order valence-corrected chi connectivity index (χ2v) is 14.2. The molecule has 0 aliphatic carbocycles. The fourth-order valence-corrected chi connectivity index (χ4v) is 7.24. The number of fused-ring (bicyclic) bond motifs is 1. The van der Waals surface area contributed by atoms with Crippen molar-refractivity contribution < 1.29 is 41.4 Å². The van der Waals surface area contributed by atoms with Crippen LogP contribution in [0.25, 0.3) is 0 Å². The Morgan fingerprint density at radius 3 is 2.24 bits per heavy atom. The number of sulfonamides is 2. The van der Waals surface area contributed by atoms with Gasteiger partial charge in [0.2, 0.25) is 15.9 Å². The van der Waals surface area contributed by atoms with Gasteiger partial charge in [0.05, 0.1) is 16.0 Å². The van der Waals surface area contributed by atoms with Crippen LogP contribution in [0.15, 0.2) is 76.5 Å². The number of nitrogens with two attached hydrogens (primary N) is 1. The van der Waals surface area contributed by atoms with Crippen molar-refractivity contribution in [2.24, 2.45) is 5.14 Å². The molecule has 0 saturated carbocycles. The Balaban J connectivity index is 1.39. The molecular weight excluding hydrogens is 648 g/mol. The van der Waals surface area contributed by atoms with Crippen LogP contribution in [0.3, 0.4) is 0 Å². The third-order valence-electron chi connectivity index (χ3n) is 7.38. The van der Waals surface area contributed by atoms with E-state index in [1.54, 1.807) is 24.3 Å². The number of hydrogen-bond acceptors (Lipinski definition) is 8. The lowest BCUT2D eigenvalue weighted by Gasteiger charge is -2.36. The molecule has 1 amide bonds. The van der Waals surface area contributed by atoms with Crippen molar-refractivity contribution in [1.82, 2.24) is 10.2 Å². The molecular formula is C29H31ClN4O9S2. The second kappa shape index (κ2) is 13.5. The van der Waals surface area contributed by atoms with Gasteiger partial charge in [0.15, 0.2) is 0 Å². The number of carboxylic acids is 2. The van der Waals surface area contributed by atoms with Crippen molar-refractivity contribution >= 4 is 55.2 Å². The lowest BCUT2D eigenvalue weighted by atomic mass is 9.93. The Morgan fingerprint density at radius 1 is 1.00 bits per heavy atom. The number of nitrogens with one attached hydrogen (secondary N) is 2. The van der Waals surface area contributed by atoms with E-state index in [9.17, 15) is 41.4 Å². The highest BCUT2D eigenvalue weighted by Gasteiger charge is 2.37. The Kier molecular flexibility index (Phi) is 10.2. The van der Waals surface area contributed by atoms with Gasteiger partial charge in [0.1, 0.15) is 17.0 Å². The molecule has 0 bridgehead atoms. The zero-order chi connectivity index (χ0) is 33.1.